The van der Waals surface area contributed by atoms with Crippen molar-refractivity contribution < 1.29 is 10.3 Å². The van der Waals surface area contributed by atoms with Crippen LogP contribution in [-0.2, 0) is 4.79 Å². The Bertz CT molecular complexity index is 99.1. The van der Waals surface area contributed by atoms with E-state index >= 15 is 0 Å². The number of amides is 1. The van der Waals surface area contributed by atoms with Gasteiger partial charge in [-0.1, -0.05) is 0 Å². The maximum absolute atomic E-state index is 10.4. The van der Waals surface area contributed by atoms with Crippen LogP contribution in [-0.4, -0.2) is 24.0 Å². The fourth-order valence-corrected chi connectivity index (χ4v) is 0.927. The molecule has 0 aromatic rings. The highest BCUT2D eigenvalue weighted by Crippen LogP contribution is 2.02. The van der Waals surface area contributed by atoms with Crippen LogP contribution in [0.2, 0.25) is 0 Å². The number of primary amides is 1. The third-order valence-electron chi connectivity index (χ3n) is 1.40. The standard InChI is InChI=1S/C5H10N2O.H2O/c6-5(8)4-2-1-3-7-4;/h4,7H,1-3H2,(H2,6,8);1H2/t4-;/m0./s1. The molecule has 1 amide bonds. The van der Waals surface area contributed by atoms with Gasteiger partial charge in [-0.15, -0.1) is 0 Å². The van der Waals surface area contributed by atoms with Crippen molar-refractivity contribution in [2.24, 2.45) is 5.73 Å². The van der Waals surface area contributed by atoms with Crippen molar-refractivity contribution in [2.75, 3.05) is 6.54 Å². The van der Waals surface area contributed by atoms with E-state index in [0.29, 0.717) is 0 Å². The number of carbonyl (C=O) groups is 1. The van der Waals surface area contributed by atoms with Crippen LogP contribution in [0.4, 0.5) is 0 Å². The Kier molecular flexibility index (Phi) is 3.19. The minimum absolute atomic E-state index is 0. The second-order valence-corrected chi connectivity index (χ2v) is 2.05. The van der Waals surface area contributed by atoms with Gasteiger partial charge in [-0.2, -0.15) is 0 Å². The Balaban J connectivity index is 0.000000640. The van der Waals surface area contributed by atoms with Gasteiger partial charge in [0.25, 0.3) is 0 Å². The highest BCUT2D eigenvalue weighted by atomic mass is 16.1. The Hall–Kier alpha value is -0.610. The van der Waals surface area contributed by atoms with Crippen LogP contribution in [0.3, 0.4) is 0 Å². The molecule has 1 saturated heterocycles. The zero-order chi connectivity index (χ0) is 5.98. The van der Waals surface area contributed by atoms with Crippen LogP contribution < -0.4 is 11.1 Å². The summed E-state index contributed by atoms with van der Waals surface area (Å²) in [5, 5.41) is 2.98. The number of nitrogens with two attached hydrogens (primary N) is 1. The molecular weight excluding hydrogens is 120 g/mol. The number of hydrogen-bond donors (Lipinski definition) is 2. The zero-order valence-corrected chi connectivity index (χ0v) is 5.18. The summed E-state index contributed by atoms with van der Waals surface area (Å²) < 4.78 is 0. The number of hydrogen-bond acceptors (Lipinski definition) is 2. The Morgan fingerprint density at radius 2 is 2.33 bits per heavy atom. The molecular formula is C5H12N2O2. The first-order valence-electron chi connectivity index (χ1n) is 2.83. The second-order valence-electron chi connectivity index (χ2n) is 2.05. The summed E-state index contributed by atoms with van der Waals surface area (Å²) in [4.78, 5) is 10.4. The first kappa shape index (κ1) is 8.39. The number of rotatable bonds is 1. The average Bonchev–Trinajstić information content (AvgIpc) is 2.12. The van der Waals surface area contributed by atoms with Gasteiger partial charge in [0, 0.05) is 0 Å². The Morgan fingerprint density at radius 1 is 1.67 bits per heavy atom. The van der Waals surface area contributed by atoms with Gasteiger partial charge >= 0.3 is 0 Å². The molecule has 9 heavy (non-hydrogen) atoms. The molecule has 0 radical (unpaired) electrons. The largest absolute Gasteiger partial charge is 0.412 e. The highest BCUT2D eigenvalue weighted by molar-refractivity contribution is 5.80. The van der Waals surface area contributed by atoms with Gasteiger partial charge in [0.2, 0.25) is 5.91 Å². The molecule has 0 unspecified atom stereocenters. The normalized spacial score (nSPS) is 25.1. The van der Waals surface area contributed by atoms with E-state index in [9.17, 15) is 4.79 Å². The Morgan fingerprint density at radius 3 is 2.56 bits per heavy atom. The Labute approximate surface area is 53.7 Å². The molecule has 1 atom stereocenters. The van der Waals surface area contributed by atoms with E-state index in [1.54, 1.807) is 0 Å². The van der Waals surface area contributed by atoms with Crippen LogP contribution in [0, 0.1) is 0 Å². The topological polar surface area (TPSA) is 86.6 Å². The van der Waals surface area contributed by atoms with Crippen LogP contribution in [0.25, 0.3) is 0 Å². The summed E-state index contributed by atoms with van der Waals surface area (Å²) in [6.07, 6.45) is 1.99. The molecule has 54 valence electrons. The molecule has 0 aliphatic carbocycles. The van der Waals surface area contributed by atoms with Crippen LogP contribution in [0.5, 0.6) is 0 Å². The van der Waals surface area contributed by atoms with E-state index in [-0.39, 0.29) is 17.4 Å². The van der Waals surface area contributed by atoms with Gasteiger partial charge in [-0.25, -0.2) is 0 Å². The SMILES string of the molecule is NC(=O)[C@@H]1CCCN1.O. The summed E-state index contributed by atoms with van der Waals surface area (Å²) in [5.74, 6) is -0.220. The first-order valence-corrected chi connectivity index (χ1v) is 2.83. The van der Waals surface area contributed by atoms with E-state index < -0.39 is 0 Å². The van der Waals surface area contributed by atoms with Crippen molar-refractivity contribution in [3.05, 3.63) is 0 Å². The minimum atomic E-state index is -0.220. The zero-order valence-electron chi connectivity index (χ0n) is 5.18. The number of nitrogens with one attached hydrogen (secondary N) is 1. The molecule has 1 fully saturated rings. The summed E-state index contributed by atoms with van der Waals surface area (Å²) in [5.41, 5.74) is 5.00. The summed E-state index contributed by atoms with van der Waals surface area (Å²) in [7, 11) is 0. The minimum Gasteiger partial charge on any atom is -0.412 e. The maximum atomic E-state index is 10.4. The molecule has 1 heterocycles. The molecule has 0 aromatic heterocycles. The van der Waals surface area contributed by atoms with Gasteiger partial charge in [0.05, 0.1) is 6.04 Å². The van der Waals surface area contributed by atoms with Crippen molar-refractivity contribution in [1.29, 1.82) is 0 Å². The summed E-state index contributed by atoms with van der Waals surface area (Å²) >= 11 is 0. The van der Waals surface area contributed by atoms with E-state index in [1.165, 1.54) is 0 Å². The molecule has 0 spiro atoms. The van der Waals surface area contributed by atoms with Crippen LogP contribution in [0.15, 0.2) is 0 Å². The van der Waals surface area contributed by atoms with Crippen molar-refractivity contribution >= 4 is 5.91 Å². The van der Waals surface area contributed by atoms with Crippen molar-refractivity contribution in [3.8, 4) is 0 Å². The molecule has 0 aromatic carbocycles. The lowest BCUT2D eigenvalue weighted by Crippen LogP contribution is -2.36. The van der Waals surface area contributed by atoms with Gasteiger partial charge in [-0.3, -0.25) is 4.79 Å². The van der Waals surface area contributed by atoms with E-state index in [2.05, 4.69) is 5.32 Å². The van der Waals surface area contributed by atoms with Gasteiger partial charge in [-0.05, 0) is 19.4 Å². The van der Waals surface area contributed by atoms with E-state index in [0.717, 1.165) is 19.4 Å². The predicted molar refractivity (Wildman–Crippen MR) is 33.8 cm³/mol. The number of carbonyl (C=O) groups excluding carboxylic acids is 1. The lowest BCUT2D eigenvalue weighted by molar-refractivity contribution is -0.119. The van der Waals surface area contributed by atoms with Gasteiger partial charge in [0.15, 0.2) is 0 Å². The second kappa shape index (κ2) is 3.42. The fraction of sp³-hybridized carbons (Fsp3) is 0.800. The lowest BCUT2D eigenvalue weighted by Gasteiger charge is -2.01. The van der Waals surface area contributed by atoms with Gasteiger partial charge < -0.3 is 16.5 Å². The summed E-state index contributed by atoms with van der Waals surface area (Å²) in [6.45, 7) is 0.938. The predicted octanol–water partition coefficient (Wildman–Crippen LogP) is -1.60. The third kappa shape index (κ3) is 1.99. The lowest BCUT2D eigenvalue weighted by atomic mass is 10.2. The van der Waals surface area contributed by atoms with Crippen molar-refractivity contribution in [3.63, 3.8) is 0 Å². The molecule has 1 aliphatic heterocycles. The van der Waals surface area contributed by atoms with Crippen molar-refractivity contribution in [1.82, 2.24) is 5.32 Å². The maximum Gasteiger partial charge on any atom is 0.234 e. The fourth-order valence-electron chi connectivity index (χ4n) is 0.927. The third-order valence-corrected chi connectivity index (χ3v) is 1.40. The smallest absolute Gasteiger partial charge is 0.234 e. The monoisotopic (exact) mass is 132 g/mol. The summed E-state index contributed by atoms with van der Waals surface area (Å²) in [6, 6.07) is -0.0463. The van der Waals surface area contributed by atoms with E-state index in [4.69, 9.17) is 5.73 Å². The molecule has 4 nitrogen and oxygen atoms in total. The average molecular weight is 132 g/mol. The van der Waals surface area contributed by atoms with Crippen LogP contribution >= 0.6 is 0 Å². The molecule has 4 heteroatoms. The highest BCUT2D eigenvalue weighted by Gasteiger charge is 2.18. The molecule has 1 rings (SSSR count). The van der Waals surface area contributed by atoms with E-state index in [1.807, 2.05) is 0 Å². The molecule has 1 aliphatic rings. The first-order chi connectivity index (χ1) is 3.80. The van der Waals surface area contributed by atoms with Crippen molar-refractivity contribution in [2.45, 2.75) is 18.9 Å². The molecule has 0 saturated carbocycles. The van der Waals surface area contributed by atoms with Gasteiger partial charge in [0.1, 0.15) is 0 Å². The molecule has 0 bridgehead atoms. The van der Waals surface area contributed by atoms with Crippen LogP contribution in [0.1, 0.15) is 12.8 Å². The molecule has 5 N–H and O–H groups in total. The quantitative estimate of drug-likeness (QED) is 0.450.